The molecule has 0 fully saturated rings. The Balaban J connectivity index is 3.01. The monoisotopic (exact) mass is 220 g/mol. The fourth-order valence-electron chi connectivity index (χ4n) is 1.55. The number of anilines is 1. The second-order valence-electron chi connectivity index (χ2n) is 4.19. The Hall–Kier alpha value is -1.51. The number of amides is 1. The molecule has 1 amide bonds. The maximum atomic E-state index is 12.2. The normalized spacial score (nSPS) is 12.2. The van der Waals surface area contributed by atoms with Crippen LogP contribution in [0.4, 0.5) is 5.69 Å². The fourth-order valence-corrected chi connectivity index (χ4v) is 1.55. The number of benzene rings is 1. The van der Waals surface area contributed by atoms with Gasteiger partial charge in [0.15, 0.2) is 0 Å². The molecule has 0 aliphatic rings. The molecule has 1 aromatic carbocycles. The molecule has 2 N–H and O–H groups in total. The summed E-state index contributed by atoms with van der Waals surface area (Å²) in [4.78, 5) is 14.0. The summed E-state index contributed by atoms with van der Waals surface area (Å²) < 4.78 is 0. The van der Waals surface area contributed by atoms with Crippen molar-refractivity contribution in [1.82, 2.24) is 4.90 Å². The summed E-state index contributed by atoms with van der Waals surface area (Å²) >= 11 is 0. The van der Waals surface area contributed by atoms with Crippen molar-refractivity contribution in [3.05, 3.63) is 29.3 Å². The maximum absolute atomic E-state index is 12.2. The van der Waals surface area contributed by atoms with E-state index in [0.29, 0.717) is 11.3 Å². The number of nitrogens with zero attached hydrogens (tertiary/aromatic N) is 1. The Bertz CT molecular complexity index is 388. The molecule has 0 saturated carbocycles. The molecule has 1 aromatic rings. The summed E-state index contributed by atoms with van der Waals surface area (Å²) in [6.45, 7) is 5.99. The standard InChI is InChI=1S/C13H20N2O/c1-5-9(2)15(4)13(16)11-7-6-8-12(14)10(11)3/h6-9H,5,14H2,1-4H3. The van der Waals surface area contributed by atoms with E-state index in [1.54, 1.807) is 4.90 Å². The van der Waals surface area contributed by atoms with Gasteiger partial charge in [-0.25, -0.2) is 0 Å². The third-order valence-corrected chi connectivity index (χ3v) is 3.18. The Morgan fingerprint density at radius 2 is 2.12 bits per heavy atom. The molecule has 0 bridgehead atoms. The Morgan fingerprint density at radius 3 is 2.69 bits per heavy atom. The highest BCUT2D eigenvalue weighted by atomic mass is 16.2. The van der Waals surface area contributed by atoms with Crippen LogP contribution in [-0.4, -0.2) is 23.9 Å². The molecule has 0 radical (unpaired) electrons. The van der Waals surface area contributed by atoms with E-state index in [1.807, 2.05) is 39.1 Å². The van der Waals surface area contributed by atoms with Crippen LogP contribution in [0.15, 0.2) is 18.2 Å². The Labute approximate surface area is 97.2 Å². The van der Waals surface area contributed by atoms with Crippen molar-refractivity contribution in [1.29, 1.82) is 0 Å². The summed E-state index contributed by atoms with van der Waals surface area (Å²) in [5.41, 5.74) is 8.03. The SMILES string of the molecule is CCC(C)N(C)C(=O)c1cccc(N)c1C. The number of nitrogens with two attached hydrogens (primary N) is 1. The smallest absolute Gasteiger partial charge is 0.254 e. The molecule has 0 spiro atoms. The summed E-state index contributed by atoms with van der Waals surface area (Å²) in [7, 11) is 1.83. The molecule has 0 aliphatic heterocycles. The van der Waals surface area contributed by atoms with Gasteiger partial charge < -0.3 is 10.6 Å². The van der Waals surface area contributed by atoms with Gasteiger partial charge in [0.25, 0.3) is 5.91 Å². The number of hydrogen-bond acceptors (Lipinski definition) is 2. The van der Waals surface area contributed by atoms with Crippen LogP contribution in [0.25, 0.3) is 0 Å². The highest BCUT2D eigenvalue weighted by Gasteiger charge is 2.18. The number of nitrogen functional groups attached to an aromatic ring is 1. The van der Waals surface area contributed by atoms with Gasteiger partial charge in [-0.3, -0.25) is 4.79 Å². The topological polar surface area (TPSA) is 46.3 Å². The minimum Gasteiger partial charge on any atom is -0.398 e. The van der Waals surface area contributed by atoms with Crippen molar-refractivity contribution in [3.8, 4) is 0 Å². The number of rotatable bonds is 3. The predicted octanol–water partition coefficient (Wildman–Crippen LogP) is 2.45. The Morgan fingerprint density at radius 1 is 1.50 bits per heavy atom. The quantitative estimate of drug-likeness (QED) is 0.795. The lowest BCUT2D eigenvalue weighted by Gasteiger charge is -2.24. The first kappa shape index (κ1) is 12.6. The molecule has 16 heavy (non-hydrogen) atoms. The average molecular weight is 220 g/mol. The summed E-state index contributed by atoms with van der Waals surface area (Å²) in [6, 6.07) is 5.70. The van der Waals surface area contributed by atoms with Crippen LogP contribution in [0.5, 0.6) is 0 Å². The van der Waals surface area contributed by atoms with Crippen LogP contribution in [0.1, 0.15) is 36.2 Å². The minimum absolute atomic E-state index is 0.0409. The molecule has 3 nitrogen and oxygen atoms in total. The van der Waals surface area contributed by atoms with Crippen molar-refractivity contribution in [2.75, 3.05) is 12.8 Å². The number of carbonyl (C=O) groups excluding carboxylic acids is 1. The van der Waals surface area contributed by atoms with Crippen LogP contribution < -0.4 is 5.73 Å². The molecule has 0 heterocycles. The van der Waals surface area contributed by atoms with E-state index < -0.39 is 0 Å². The third-order valence-electron chi connectivity index (χ3n) is 3.18. The van der Waals surface area contributed by atoms with Crippen LogP contribution in [0, 0.1) is 6.92 Å². The highest BCUT2D eigenvalue weighted by Crippen LogP contribution is 2.18. The van der Waals surface area contributed by atoms with E-state index in [4.69, 9.17) is 5.73 Å². The molecule has 0 aliphatic carbocycles. The predicted molar refractivity (Wildman–Crippen MR) is 67.4 cm³/mol. The van der Waals surface area contributed by atoms with E-state index >= 15 is 0 Å². The maximum Gasteiger partial charge on any atom is 0.254 e. The lowest BCUT2D eigenvalue weighted by molar-refractivity contribution is 0.0740. The molecule has 1 atom stereocenters. The summed E-state index contributed by atoms with van der Waals surface area (Å²) in [5, 5.41) is 0. The van der Waals surface area contributed by atoms with Crippen molar-refractivity contribution >= 4 is 11.6 Å². The van der Waals surface area contributed by atoms with Gasteiger partial charge in [-0.15, -0.1) is 0 Å². The van der Waals surface area contributed by atoms with Gasteiger partial charge in [0.05, 0.1) is 0 Å². The first-order valence-corrected chi connectivity index (χ1v) is 5.61. The van der Waals surface area contributed by atoms with Gasteiger partial charge in [-0.05, 0) is 38.0 Å². The van der Waals surface area contributed by atoms with Gasteiger partial charge in [0.2, 0.25) is 0 Å². The molecule has 88 valence electrons. The van der Waals surface area contributed by atoms with Gasteiger partial charge in [0, 0.05) is 24.3 Å². The van der Waals surface area contributed by atoms with Crippen LogP contribution in [0.3, 0.4) is 0 Å². The van der Waals surface area contributed by atoms with E-state index in [2.05, 4.69) is 6.92 Å². The van der Waals surface area contributed by atoms with Gasteiger partial charge >= 0.3 is 0 Å². The van der Waals surface area contributed by atoms with E-state index in [-0.39, 0.29) is 11.9 Å². The summed E-state index contributed by atoms with van der Waals surface area (Å²) in [5.74, 6) is 0.0409. The largest absolute Gasteiger partial charge is 0.398 e. The lowest BCUT2D eigenvalue weighted by Crippen LogP contribution is -2.35. The summed E-state index contributed by atoms with van der Waals surface area (Å²) in [6.07, 6.45) is 0.948. The van der Waals surface area contributed by atoms with Crippen molar-refractivity contribution in [2.45, 2.75) is 33.2 Å². The van der Waals surface area contributed by atoms with Gasteiger partial charge in [-0.1, -0.05) is 13.0 Å². The van der Waals surface area contributed by atoms with Gasteiger partial charge in [-0.2, -0.15) is 0 Å². The zero-order chi connectivity index (χ0) is 12.3. The van der Waals surface area contributed by atoms with Crippen molar-refractivity contribution in [3.63, 3.8) is 0 Å². The van der Waals surface area contributed by atoms with Crippen LogP contribution in [0.2, 0.25) is 0 Å². The minimum atomic E-state index is 0.0409. The van der Waals surface area contributed by atoms with Crippen LogP contribution >= 0.6 is 0 Å². The van der Waals surface area contributed by atoms with Gasteiger partial charge in [0.1, 0.15) is 0 Å². The molecule has 1 rings (SSSR count). The first-order chi connectivity index (χ1) is 7.49. The number of carbonyl (C=O) groups is 1. The van der Waals surface area contributed by atoms with Crippen molar-refractivity contribution < 1.29 is 4.79 Å². The second kappa shape index (κ2) is 5.01. The lowest BCUT2D eigenvalue weighted by atomic mass is 10.0. The first-order valence-electron chi connectivity index (χ1n) is 5.61. The molecule has 3 heteroatoms. The fraction of sp³-hybridized carbons (Fsp3) is 0.462. The molecular weight excluding hydrogens is 200 g/mol. The zero-order valence-corrected chi connectivity index (χ0v) is 10.4. The van der Waals surface area contributed by atoms with E-state index in [1.165, 1.54) is 0 Å². The average Bonchev–Trinajstić information content (AvgIpc) is 2.29. The van der Waals surface area contributed by atoms with Crippen molar-refractivity contribution in [2.24, 2.45) is 0 Å². The van der Waals surface area contributed by atoms with E-state index in [9.17, 15) is 4.79 Å². The molecule has 0 aromatic heterocycles. The zero-order valence-electron chi connectivity index (χ0n) is 10.4. The molecule has 0 saturated heterocycles. The van der Waals surface area contributed by atoms with E-state index in [0.717, 1.165) is 12.0 Å². The Kier molecular flexibility index (Phi) is 3.93. The second-order valence-corrected chi connectivity index (χ2v) is 4.19. The van der Waals surface area contributed by atoms with Crippen LogP contribution in [-0.2, 0) is 0 Å². The number of hydrogen-bond donors (Lipinski definition) is 1. The highest BCUT2D eigenvalue weighted by molar-refractivity contribution is 5.96. The molecular formula is C13H20N2O. The third kappa shape index (κ3) is 2.35. The molecule has 1 unspecified atom stereocenters.